The second-order valence-electron chi connectivity index (χ2n) is 4.94. The van der Waals surface area contributed by atoms with Gasteiger partial charge in [0.25, 0.3) is 0 Å². The van der Waals surface area contributed by atoms with Gasteiger partial charge in [0, 0.05) is 30.5 Å². The van der Waals surface area contributed by atoms with Gasteiger partial charge in [0.1, 0.15) is 0 Å². The Balaban J connectivity index is 2.39. The Morgan fingerprint density at radius 2 is 2.00 bits per heavy atom. The maximum Gasteiger partial charge on any atom is 0.0853 e. The summed E-state index contributed by atoms with van der Waals surface area (Å²) in [6, 6.07) is 2.06. The molecule has 2 heterocycles. The molecule has 2 rings (SSSR count). The van der Waals surface area contributed by atoms with Gasteiger partial charge in [-0.2, -0.15) is 10.2 Å². The van der Waals surface area contributed by atoms with Crippen LogP contribution in [0.2, 0.25) is 0 Å². The normalized spacial score (nSPS) is 12.9. The zero-order valence-corrected chi connectivity index (χ0v) is 12.2. The molecule has 19 heavy (non-hydrogen) atoms. The first-order chi connectivity index (χ1) is 9.06. The number of hydrogen-bond donors (Lipinski definition) is 1. The van der Waals surface area contributed by atoms with E-state index in [2.05, 4.69) is 23.6 Å². The summed E-state index contributed by atoms with van der Waals surface area (Å²) in [5.41, 5.74) is 10.7. The molecule has 0 radical (unpaired) electrons. The summed E-state index contributed by atoms with van der Waals surface area (Å²) in [4.78, 5) is 0. The highest BCUT2D eigenvalue weighted by molar-refractivity contribution is 5.30. The summed E-state index contributed by atoms with van der Waals surface area (Å²) in [7, 11) is 1.93. The van der Waals surface area contributed by atoms with Crippen LogP contribution >= 0.6 is 0 Å². The van der Waals surface area contributed by atoms with E-state index in [0.717, 1.165) is 24.2 Å². The number of aromatic nitrogens is 4. The van der Waals surface area contributed by atoms with Crippen LogP contribution in [0.3, 0.4) is 0 Å². The highest BCUT2D eigenvalue weighted by Crippen LogP contribution is 2.22. The zero-order chi connectivity index (χ0) is 14.0. The Kier molecular flexibility index (Phi) is 4.04. The molecule has 0 bridgehead atoms. The smallest absolute Gasteiger partial charge is 0.0853 e. The molecule has 0 aliphatic carbocycles. The lowest BCUT2D eigenvalue weighted by molar-refractivity contribution is 0.614. The fourth-order valence-electron chi connectivity index (χ4n) is 2.56. The Labute approximate surface area is 114 Å². The van der Waals surface area contributed by atoms with Gasteiger partial charge in [0.2, 0.25) is 0 Å². The third-order valence-corrected chi connectivity index (χ3v) is 3.38. The maximum absolute atomic E-state index is 6.10. The van der Waals surface area contributed by atoms with Gasteiger partial charge < -0.3 is 5.73 Å². The van der Waals surface area contributed by atoms with Crippen LogP contribution in [-0.4, -0.2) is 19.6 Å². The average molecular weight is 261 g/mol. The van der Waals surface area contributed by atoms with Gasteiger partial charge in [0.15, 0.2) is 0 Å². The highest BCUT2D eigenvalue weighted by Gasteiger charge is 2.18. The second kappa shape index (κ2) is 5.57. The van der Waals surface area contributed by atoms with Crippen LogP contribution in [-0.2, 0) is 26.4 Å². The van der Waals surface area contributed by atoms with Crippen LogP contribution in [0.4, 0.5) is 0 Å². The van der Waals surface area contributed by atoms with E-state index in [1.807, 2.05) is 30.9 Å². The molecule has 5 heteroatoms. The molecule has 0 aliphatic heterocycles. The Hall–Kier alpha value is -1.62. The number of nitrogens with zero attached hydrogens (tertiary/aromatic N) is 4. The summed E-state index contributed by atoms with van der Waals surface area (Å²) >= 11 is 0. The predicted molar refractivity (Wildman–Crippen MR) is 75.9 cm³/mol. The van der Waals surface area contributed by atoms with Crippen molar-refractivity contribution in [2.75, 3.05) is 0 Å². The van der Waals surface area contributed by atoms with Crippen molar-refractivity contribution >= 4 is 0 Å². The SMILES string of the molecule is CCc1nn(Cc2ccn(C)n2)c(CC)c1C(C)N. The summed E-state index contributed by atoms with van der Waals surface area (Å²) in [5, 5.41) is 9.13. The first-order valence-electron chi connectivity index (χ1n) is 6.89. The van der Waals surface area contributed by atoms with E-state index in [-0.39, 0.29) is 6.04 Å². The Morgan fingerprint density at radius 3 is 2.47 bits per heavy atom. The summed E-state index contributed by atoms with van der Waals surface area (Å²) < 4.78 is 3.87. The molecule has 0 aliphatic rings. The molecule has 0 aromatic carbocycles. The van der Waals surface area contributed by atoms with Gasteiger partial charge >= 0.3 is 0 Å². The van der Waals surface area contributed by atoms with Gasteiger partial charge in [-0.3, -0.25) is 9.36 Å². The van der Waals surface area contributed by atoms with Crippen LogP contribution in [0.25, 0.3) is 0 Å². The topological polar surface area (TPSA) is 61.7 Å². The molecule has 0 spiro atoms. The van der Waals surface area contributed by atoms with Gasteiger partial charge in [-0.05, 0) is 25.8 Å². The standard InChI is InChI=1S/C14H23N5/c1-5-12-14(10(3)15)13(6-2)19(17-12)9-11-7-8-18(4)16-11/h7-8,10H,5-6,9,15H2,1-4H3. The van der Waals surface area contributed by atoms with E-state index in [4.69, 9.17) is 10.8 Å². The third kappa shape index (κ3) is 2.71. The van der Waals surface area contributed by atoms with Crippen molar-refractivity contribution in [2.24, 2.45) is 12.8 Å². The molecule has 2 N–H and O–H groups in total. The Bertz CT molecular complexity index is 550. The predicted octanol–water partition coefficient (Wildman–Crippen LogP) is 1.81. The lowest BCUT2D eigenvalue weighted by Crippen LogP contribution is -2.11. The van der Waals surface area contributed by atoms with E-state index in [1.54, 1.807) is 0 Å². The van der Waals surface area contributed by atoms with E-state index in [1.165, 1.54) is 11.3 Å². The fraction of sp³-hybridized carbons (Fsp3) is 0.571. The average Bonchev–Trinajstić information content (AvgIpc) is 2.93. The van der Waals surface area contributed by atoms with Gasteiger partial charge in [0.05, 0.1) is 17.9 Å². The van der Waals surface area contributed by atoms with Crippen LogP contribution in [0.15, 0.2) is 12.3 Å². The summed E-state index contributed by atoms with van der Waals surface area (Å²) in [6.45, 7) is 7.01. The minimum absolute atomic E-state index is 0.0300. The number of hydrogen-bond acceptors (Lipinski definition) is 3. The van der Waals surface area contributed by atoms with E-state index < -0.39 is 0 Å². The molecule has 0 amide bonds. The van der Waals surface area contributed by atoms with Crippen LogP contribution in [0.1, 0.15) is 49.5 Å². The second-order valence-corrected chi connectivity index (χ2v) is 4.94. The van der Waals surface area contributed by atoms with Crippen molar-refractivity contribution < 1.29 is 0 Å². The molecule has 1 atom stereocenters. The van der Waals surface area contributed by atoms with E-state index in [9.17, 15) is 0 Å². The van der Waals surface area contributed by atoms with E-state index in [0.29, 0.717) is 6.54 Å². The molecule has 0 fully saturated rings. The van der Waals surface area contributed by atoms with Crippen molar-refractivity contribution in [3.8, 4) is 0 Å². The van der Waals surface area contributed by atoms with Crippen molar-refractivity contribution in [3.63, 3.8) is 0 Å². The van der Waals surface area contributed by atoms with Crippen molar-refractivity contribution in [2.45, 2.75) is 46.2 Å². The van der Waals surface area contributed by atoms with Gasteiger partial charge in [-0.15, -0.1) is 0 Å². The minimum atomic E-state index is 0.0300. The monoisotopic (exact) mass is 261 g/mol. The third-order valence-electron chi connectivity index (χ3n) is 3.38. The largest absolute Gasteiger partial charge is 0.324 e. The van der Waals surface area contributed by atoms with Crippen molar-refractivity contribution in [3.05, 3.63) is 34.9 Å². The number of rotatable bonds is 5. The molecule has 2 aromatic heterocycles. The molecule has 104 valence electrons. The molecule has 1 unspecified atom stereocenters. The van der Waals surface area contributed by atoms with E-state index >= 15 is 0 Å². The molecule has 0 saturated heterocycles. The summed E-state index contributed by atoms with van der Waals surface area (Å²) in [6.07, 6.45) is 3.81. The number of aryl methyl sites for hydroxylation is 2. The highest BCUT2D eigenvalue weighted by atomic mass is 15.3. The quantitative estimate of drug-likeness (QED) is 0.893. The maximum atomic E-state index is 6.10. The van der Waals surface area contributed by atoms with Crippen molar-refractivity contribution in [1.29, 1.82) is 0 Å². The molecule has 5 nitrogen and oxygen atoms in total. The van der Waals surface area contributed by atoms with Crippen molar-refractivity contribution in [1.82, 2.24) is 19.6 Å². The minimum Gasteiger partial charge on any atom is -0.324 e. The molecule has 0 saturated carbocycles. The van der Waals surface area contributed by atoms with Gasteiger partial charge in [-0.1, -0.05) is 13.8 Å². The lowest BCUT2D eigenvalue weighted by Gasteiger charge is -2.09. The first-order valence-corrected chi connectivity index (χ1v) is 6.89. The van der Waals surface area contributed by atoms with Gasteiger partial charge in [-0.25, -0.2) is 0 Å². The Morgan fingerprint density at radius 1 is 1.26 bits per heavy atom. The molecule has 2 aromatic rings. The lowest BCUT2D eigenvalue weighted by atomic mass is 10.0. The summed E-state index contributed by atoms with van der Waals surface area (Å²) in [5.74, 6) is 0. The zero-order valence-electron chi connectivity index (χ0n) is 12.2. The number of nitrogens with two attached hydrogens (primary N) is 1. The first kappa shape index (κ1) is 13.8. The van der Waals surface area contributed by atoms with Crippen LogP contribution in [0, 0.1) is 0 Å². The van der Waals surface area contributed by atoms with Crippen LogP contribution in [0.5, 0.6) is 0 Å². The fourth-order valence-corrected chi connectivity index (χ4v) is 2.56. The molecular formula is C14H23N5. The molecular weight excluding hydrogens is 238 g/mol. The van der Waals surface area contributed by atoms with Crippen LogP contribution < -0.4 is 5.73 Å².